The first-order chi connectivity index (χ1) is 12.0. The summed E-state index contributed by atoms with van der Waals surface area (Å²) < 4.78 is 0. The lowest BCUT2D eigenvalue weighted by Gasteiger charge is -2.11. The summed E-state index contributed by atoms with van der Waals surface area (Å²) in [5.74, 6) is -2.53. The Kier molecular flexibility index (Phi) is 4.31. The van der Waals surface area contributed by atoms with Gasteiger partial charge < -0.3 is 10.2 Å². The van der Waals surface area contributed by atoms with Crippen LogP contribution in [0.25, 0.3) is 10.8 Å². The fourth-order valence-electron chi connectivity index (χ4n) is 2.89. The lowest BCUT2D eigenvalue weighted by molar-refractivity contribution is -0.136. The normalized spacial score (nSPS) is 10.6. The third-order valence-electron chi connectivity index (χ3n) is 4.00. The van der Waals surface area contributed by atoms with E-state index in [2.05, 4.69) is 0 Å². The Labute approximate surface area is 143 Å². The highest BCUT2D eigenvalue weighted by Crippen LogP contribution is 2.26. The van der Waals surface area contributed by atoms with E-state index in [4.69, 9.17) is 5.11 Å². The number of carboxylic acids is 2. The van der Waals surface area contributed by atoms with Crippen LogP contribution in [0, 0.1) is 0 Å². The number of benzene rings is 3. The summed E-state index contributed by atoms with van der Waals surface area (Å²) in [6.07, 6.45) is -0.152. The summed E-state index contributed by atoms with van der Waals surface area (Å²) in [7, 11) is 0. The number of ketones is 1. The van der Waals surface area contributed by atoms with E-state index in [1.54, 1.807) is 48.5 Å². The van der Waals surface area contributed by atoms with E-state index in [0.29, 0.717) is 21.9 Å². The van der Waals surface area contributed by atoms with Gasteiger partial charge in [0.15, 0.2) is 5.78 Å². The molecule has 0 fully saturated rings. The monoisotopic (exact) mass is 334 g/mol. The van der Waals surface area contributed by atoms with Crippen LogP contribution in [0.5, 0.6) is 0 Å². The quantitative estimate of drug-likeness (QED) is 0.698. The van der Waals surface area contributed by atoms with E-state index >= 15 is 0 Å². The van der Waals surface area contributed by atoms with E-state index in [1.165, 1.54) is 12.1 Å². The molecule has 0 spiro atoms. The standard InChI is InChI=1S/C20H14O5/c21-18(22)11-12-9-10-16(14-6-2-1-5-13(12)14)19(23)15-7-3-4-8-17(15)20(24)25/h1-10H,11H2,(H,21,22)(H,24,25). The lowest BCUT2D eigenvalue weighted by atomic mass is 9.92. The molecule has 0 aliphatic carbocycles. The predicted molar refractivity (Wildman–Crippen MR) is 92.1 cm³/mol. The minimum absolute atomic E-state index is 0.0637. The molecule has 0 saturated carbocycles. The van der Waals surface area contributed by atoms with Gasteiger partial charge in [0.2, 0.25) is 0 Å². The molecule has 0 bridgehead atoms. The lowest BCUT2D eigenvalue weighted by Crippen LogP contribution is -2.10. The fraction of sp³-hybridized carbons (Fsp3) is 0.0500. The van der Waals surface area contributed by atoms with Crippen molar-refractivity contribution in [3.05, 3.63) is 82.9 Å². The van der Waals surface area contributed by atoms with Crippen LogP contribution in [-0.2, 0) is 11.2 Å². The van der Waals surface area contributed by atoms with Crippen LogP contribution < -0.4 is 0 Å². The Bertz CT molecular complexity index is 1000. The van der Waals surface area contributed by atoms with E-state index in [-0.39, 0.29) is 17.5 Å². The molecule has 2 N–H and O–H groups in total. The number of aromatic carboxylic acids is 1. The zero-order valence-electron chi connectivity index (χ0n) is 13.1. The van der Waals surface area contributed by atoms with Crippen LogP contribution in [0.2, 0.25) is 0 Å². The zero-order chi connectivity index (χ0) is 18.0. The average molecular weight is 334 g/mol. The van der Waals surface area contributed by atoms with Gasteiger partial charge in [0.1, 0.15) is 0 Å². The maximum atomic E-state index is 12.9. The van der Waals surface area contributed by atoms with Gasteiger partial charge in [0.05, 0.1) is 12.0 Å². The van der Waals surface area contributed by atoms with Crippen molar-refractivity contribution >= 4 is 28.5 Å². The summed E-state index contributed by atoms with van der Waals surface area (Å²) in [5, 5.41) is 19.6. The first kappa shape index (κ1) is 16.4. The van der Waals surface area contributed by atoms with Crippen molar-refractivity contribution in [2.24, 2.45) is 0 Å². The molecule has 0 aliphatic rings. The van der Waals surface area contributed by atoms with Crippen molar-refractivity contribution in [1.82, 2.24) is 0 Å². The molecule has 3 aromatic carbocycles. The number of carbonyl (C=O) groups excluding carboxylic acids is 1. The van der Waals surface area contributed by atoms with E-state index in [1.807, 2.05) is 0 Å². The molecular formula is C20H14O5. The van der Waals surface area contributed by atoms with Crippen LogP contribution in [0.4, 0.5) is 0 Å². The van der Waals surface area contributed by atoms with E-state index in [0.717, 1.165) is 0 Å². The molecule has 0 aromatic heterocycles. The van der Waals surface area contributed by atoms with Gasteiger partial charge in [-0.15, -0.1) is 0 Å². The SMILES string of the molecule is O=C(O)Cc1ccc(C(=O)c2ccccc2C(=O)O)c2ccccc12. The Morgan fingerprint density at radius 1 is 0.680 bits per heavy atom. The second-order valence-corrected chi connectivity index (χ2v) is 5.57. The van der Waals surface area contributed by atoms with Crippen LogP contribution in [0.3, 0.4) is 0 Å². The maximum Gasteiger partial charge on any atom is 0.336 e. The number of aliphatic carboxylic acids is 1. The topological polar surface area (TPSA) is 91.7 Å². The van der Waals surface area contributed by atoms with Gasteiger partial charge in [-0.25, -0.2) is 4.79 Å². The molecule has 25 heavy (non-hydrogen) atoms. The van der Waals surface area contributed by atoms with Crippen molar-refractivity contribution in [1.29, 1.82) is 0 Å². The first-order valence-electron chi connectivity index (χ1n) is 7.58. The number of carboxylic acid groups (broad SMARTS) is 2. The third-order valence-corrected chi connectivity index (χ3v) is 4.00. The van der Waals surface area contributed by atoms with Gasteiger partial charge in [-0.1, -0.05) is 54.6 Å². The number of carbonyl (C=O) groups is 3. The Balaban J connectivity index is 2.19. The second-order valence-electron chi connectivity index (χ2n) is 5.57. The van der Waals surface area contributed by atoms with Crippen molar-refractivity contribution < 1.29 is 24.6 Å². The van der Waals surface area contributed by atoms with Crippen LogP contribution in [-0.4, -0.2) is 27.9 Å². The van der Waals surface area contributed by atoms with Gasteiger partial charge in [0, 0.05) is 11.1 Å². The van der Waals surface area contributed by atoms with Crippen molar-refractivity contribution in [3.63, 3.8) is 0 Å². The van der Waals surface area contributed by atoms with Crippen LogP contribution >= 0.6 is 0 Å². The zero-order valence-corrected chi connectivity index (χ0v) is 13.1. The number of hydrogen-bond donors (Lipinski definition) is 2. The summed E-state index contributed by atoms with van der Waals surface area (Å²) in [6.45, 7) is 0. The molecule has 0 atom stereocenters. The summed E-state index contributed by atoms with van der Waals surface area (Å²) >= 11 is 0. The Hall–Kier alpha value is -3.47. The highest BCUT2D eigenvalue weighted by Gasteiger charge is 2.20. The molecule has 5 nitrogen and oxygen atoms in total. The van der Waals surface area contributed by atoms with Gasteiger partial charge in [-0.3, -0.25) is 9.59 Å². The largest absolute Gasteiger partial charge is 0.481 e. The molecule has 0 unspecified atom stereocenters. The number of fused-ring (bicyclic) bond motifs is 1. The molecule has 0 aliphatic heterocycles. The van der Waals surface area contributed by atoms with E-state index < -0.39 is 17.7 Å². The van der Waals surface area contributed by atoms with Crippen molar-refractivity contribution in [2.45, 2.75) is 6.42 Å². The highest BCUT2D eigenvalue weighted by atomic mass is 16.4. The van der Waals surface area contributed by atoms with Gasteiger partial charge in [-0.2, -0.15) is 0 Å². The third kappa shape index (κ3) is 3.12. The van der Waals surface area contributed by atoms with Crippen molar-refractivity contribution in [3.8, 4) is 0 Å². The minimum atomic E-state index is -1.17. The maximum absolute atomic E-state index is 12.9. The molecule has 5 heteroatoms. The average Bonchev–Trinajstić information content (AvgIpc) is 2.61. The smallest absolute Gasteiger partial charge is 0.336 e. The molecule has 0 heterocycles. The number of rotatable bonds is 5. The van der Waals surface area contributed by atoms with Crippen LogP contribution in [0.1, 0.15) is 31.8 Å². The number of hydrogen-bond acceptors (Lipinski definition) is 3. The molecule has 124 valence electrons. The predicted octanol–water partition coefficient (Wildman–Crippen LogP) is 3.40. The van der Waals surface area contributed by atoms with Crippen molar-refractivity contribution in [2.75, 3.05) is 0 Å². The molecule has 0 saturated heterocycles. The Morgan fingerprint density at radius 2 is 1.28 bits per heavy atom. The van der Waals surface area contributed by atoms with E-state index in [9.17, 15) is 19.5 Å². The van der Waals surface area contributed by atoms with Gasteiger partial charge >= 0.3 is 11.9 Å². The molecule has 3 aromatic rings. The fourth-order valence-corrected chi connectivity index (χ4v) is 2.89. The molecule has 0 amide bonds. The summed E-state index contributed by atoms with van der Waals surface area (Å²) in [5.41, 5.74) is 0.988. The Morgan fingerprint density at radius 3 is 1.92 bits per heavy atom. The first-order valence-corrected chi connectivity index (χ1v) is 7.58. The second kappa shape index (κ2) is 6.57. The van der Waals surface area contributed by atoms with Crippen LogP contribution in [0.15, 0.2) is 60.7 Å². The summed E-state index contributed by atoms with van der Waals surface area (Å²) in [4.78, 5) is 35.4. The summed E-state index contributed by atoms with van der Waals surface area (Å²) in [6, 6.07) is 16.2. The highest BCUT2D eigenvalue weighted by molar-refractivity contribution is 6.20. The van der Waals surface area contributed by atoms with Gasteiger partial charge in [-0.05, 0) is 22.4 Å². The molecular weight excluding hydrogens is 320 g/mol. The minimum Gasteiger partial charge on any atom is -0.481 e. The molecule has 0 radical (unpaired) electrons. The molecule has 3 rings (SSSR count). The van der Waals surface area contributed by atoms with Gasteiger partial charge in [0.25, 0.3) is 0 Å².